The number of rotatable bonds is 3. The summed E-state index contributed by atoms with van der Waals surface area (Å²) in [6.45, 7) is 0.358. The molecule has 0 spiro atoms. The van der Waals surface area contributed by atoms with Crippen LogP contribution in [0.5, 0.6) is 5.75 Å². The second-order valence-electron chi connectivity index (χ2n) is 3.49. The van der Waals surface area contributed by atoms with Crippen molar-refractivity contribution in [2.45, 2.75) is 6.61 Å². The van der Waals surface area contributed by atoms with E-state index in [0.29, 0.717) is 6.61 Å². The fourth-order valence-electron chi connectivity index (χ4n) is 1.35. The van der Waals surface area contributed by atoms with Gasteiger partial charge in [-0.05, 0) is 35.9 Å². The minimum atomic E-state index is -0.419. The largest absolute Gasteiger partial charge is 0.489 e. The van der Waals surface area contributed by atoms with E-state index < -0.39 is 5.82 Å². The van der Waals surface area contributed by atoms with Crippen molar-refractivity contribution < 1.29 is 9.13 Å². The van der Waals surface area contributed by atoms with E-state index in [4.69, 9.17) is 16.3 Å². The minimum absolute atomic E-state index is 0.111. The maximum atomic E-state index is 12.9. The summed E-state index contributed by atoms with van der Waals surface area (Å²) in [6.07, 6.45) is 0. The molecule has 0 atom stereocenters. The lowest BCUT2D eigenvalue weighted by atomic mass is 10.2. The summed E-state index contributed by atoms with van der Waals surface area (Å²) in [5, 5.41) is 0.111. The molecule has 1 nitrogen and oxygen atoms in total. The Morgan fingerprint density at radius 2 is 2.00 bits per heavy atom. The Bertz CT molecular complexity index is 531. The first kappa shape index (κ1) is 12.4. The average Bonchev–Trinajstić information content (AvgIpc) is 2.31. The van der Waals surface area contributed by atoms with Crippen molar-refractivity contribution in [3.05, 3.63) is 63.3 Å². The quantitative estimate of drug-likeness (QED) is 0.789. The summed E-state index contributed by atoms with van der Waals surface area (Å²) in [6, 6.07) is 12.1. The molecule has 2 aromatic rings. The Morgan fingerprint density at radius 3 is 2.71 bits per heavy atom. The zero-order valence-corrected chi connectivity index (χ0v) is 11.1. The van der Waals surface area contributed by atoms with Gasteiger partial charge in [0.05, 0.1) is 5.02 Å². The van der Waals surface area contributed by atoms with Crippen molar-refractivity contribution in [3.8, 4) is 5.75 Å². The third kappa shape index (κ3) is 3.45. The van der Waals surface area contributed by atoms with Gasteiger partial charge < -0.3 is 4.74 Å². The van der Waals surface area contributed by atoms with Gasteiger partial charge >= 0.3 is 0 Å². The highest BCUT2D eigenvalue weighted by atomic mass is 79.9. The van der Waals surface area contributed by atoms with E-state index in [1.807, 2.05) is 24.3 Å². The molecule has 0 aromatic heterocycles. The Labute approximate surface area is 112 Å². The number of hydrogen-bond donors (Lipinski definition) is 0. The van der Waals surface area contributed by atoms with E-state index in [1.165, 1.54) is 6.07 Å². The van der Waals surface area contributed by atoms with Gasteiger partial charge in [-0.25, -0.2) is 4.39 Å². The van der Waals surface area contributed by atoms with Crippen LogP contribution in [0.3, 0.4) is 0 Å². The maximum Gasteiger partial charge on any atom is 0.141 e. The first-order valence-corrected chi connectivity index (χ1v) is 6.14. The number of benzene rings is 2. The van der Waals surface area contributed by atoms with E-state index >= 15 is 0 Å². The highest BCUT2D eigenvalue weighted by Gasteiger charge is 2.02. The van der Waals surface area contributed by atoms with E-state index in [2.05, 4.69) is 15.9 Å². The van der Waals surface area contributed by atoms with Crippen molar-refractivity contribution in [3.63, 3.8) is 0 Å². The molecule has 0 aliphatic carbocycles. The van der Waals surface area contributed by atoms with Gasteiger partial charge in [0.2, 0.25) is 0 Å². The maximum absolute atomic E-state index is 12.9. The molecule has 0 N–H and O–H groups in total. The average molecular weight is 316 g/mol. The van der Waals surface area contributed by atoms with Gasteiger partial charge in [-0.15, -0.1) is 0 Å². The van der Waals surface area contributed by atoms with Gasteiger partial charge in [0.25, 0.3) is 0 Å². The lowest BCUT2D eigenvalue weighted by Gasteiger charge is -2.07. The molecule has 17 heavy (non-hydrogen) atoms. The summed E-state index contributed by atoms with van der Waals surface area (Å²) in [5.74, 6) is 0.331. The molecule has 0 saturated heterocycles. The van der Waals surface area contributed by atoms with Crippen molar-refractivity contribution in [2.24, 2.45) is 0 Å². The Kier molecular flexibility index (Phi) is 4.02. The zero-order chi connectivity index (χ0) is 12.3. The molecule has 0 unspecified atom stereocenters. The molecule has 0 heterocycles. The predicted octanol–water partition coefficient (Wildman–Crippen LogP) is 4.82. The number of halogens is 3. The van der Waals surface area contributed by atoms with Crippen LogP contribution in [0, 0.1) is 5.82 Å². The molecule has 0 radical (unpaired) electrons. The van der Waals surface area contributed by atoms with Crippen LogP contribution in [0.2, 0.25) is 5.02 Å². The molecular weight excluding hydrogens is 306 g/mol. The lowest BCUT2D eigenvalue weighted by Crippen LogP contribution is -1.95. The highest BCUT2D eigenvalue weighted by Crippen LogP contribution is 2.20. The van der Waals surface area contributed by atoms with E-state index in [1.54, 1.807) is 12.1 Å². The highest BCUT2D eigenvalue weighted by molar-refractivity contribution is 9.10. The van der Waals surface area contributed by atoms with Gasteiger partial charge in [0, 0.05) is 4.47 Å². The van der Waals surface area contributed by atoms with E-state index in [0.717, 1.165) is 15.8 Å². The molecule has 0 bridgehead atoms. The van der Waals surface area contributed by atoms with Crippen LogP contribution in [-0.2, 0) is 6.61 Å². The van der Waals surface area contributed by atoms with Gasteiger partial charge in [-0.3, -0.25) is 0 Å². The molecule has 0 saturated carbocycles. The molecule has 0 fully saturated rings. The van der Waals surface area contributed by atoms with Gasteiger partial charge in [-0.1, -0.05) is 39.7 Å². The van der Waals surface area contributed by atoms with Crippen LogP contribution in [0.25, 0.3) is 0 Å². The fourth-order valence-corrected chi connectivity index (χ4v) is 1.93. The normalized spacial score (nSPS) is 10.3. The van der Waals surface area contributed by atoms with Crippen molar-refractivity contribution >= 4 is 27.5 Å². The fraction of sp³-hybridized carbons (Fsp3) is 0.0769. The third-order valence-electron chi connectivity index (χ3n) is 2.19. The molecule has 4 heteroatoms. The summed E-state index contributed by atoms with van der Waals surface area (Å²) >= 11 is 9.04. The smallest absolute Gasteiger partial charge is 0.141 e. The predicted molar refractivity (Wildman–Crippen MR) is 69.9 cm³/mol. The summed E-state index contributed by atoms with van der Waals surface area (Å²) in [7, 11) is 0. The molecule has 88 valence electrons. The van der Waals surface area contributed by atoms with Crippen molar-refractivity contribution in [1.82, 2.24) is 0 Å². The molecule has 2 rings (SSSR count). The van der Waals surface area contributed by atoms with Gasteiger partial charge in [0.15, 0.2) is 0 Å². The number of ether oxygens (including phenoxy) is 1. The van der Waals surface area contributed by atoms with E-state index in [9.17, 15) is 4.39 Å². The second-order valence-corrected chi connectivity index (χ2v) is 4.82. The monoisotopic (exact) mass is 314 g/mol. The summed E-state index contributed by atoms with van der Waals surface area (Å²) in [5.41, 5.74) is 0.830. The molecule has 0 aliphatic rings. The van der Waals surface area contributed by atoms with Crippen molar-refractivity contribution in [1.29, 1.82) is 0 Å². The Morgan fingerprint density at radius 1 is 1.18 bits per heavy atom. The Balaban J connectivity index is 2.05. The third-order valence-corrected chi connectivity index (χ3v) is 2.97. The summed E-state index contributed by atoms with van der Waals surface area (Å²) < 4.78 is 19.4. The topological polar surface area (TPSA) is 9.23 Å². The lowest BCUT2D eigenvalue weighted by molar-refractivity contribution is 0.306. The van der Waals surface area contributed by atoms with Crippen LogP contribution in [0.1, 0.15) is 5.56 Å². The first-order valence-electron chi connectivity index (χ1n) is 4.97. The SMILES string of the molecule is Fc1ccc(COc2cccc(Br)c2)cc1Cl. The molecular formula is C13H9BrClFO. The zero-order valence-electron chi connectivity index (χ0n) is 8.79. The summed E-state index contributed by atoms with van der Waals surface area (Å²) in [4.78, 5) is 0. The van der Waals surface area contributed by atoms with Crippen LogP contribution in [0.15, 0.2) is 46.9 Å². The molecule has 0 amide bonds. The van der Waals surface area contributed by atoms with Crippen LogP contribution in [-0.4, -0.2) is 0 Å². The first-order chi connectivity index (χ1) is 8.15. The van der Waals surface area contributed by atoms with Gasteiger partial charge in [-0.2, -0.15) is 0 Å². The standard InChI is InChI=1S/C13H9BrClFO/c14-10-2-1-3-11(7-10)17-8-9-4-5-13(16)12(15)6-9/h1-7H,8H2. The van der Waals surface area contributed by atoms with Crippen LogP contribution >= 0.6 is 27.5 Å². The van der Waals surface area contributed by atoms with Crippen LogP contribution in [0.4, 0.5) is 4.39 Å². The molecule has 0 aliphatic heterocycles. The number of hydrogen-bond acceptors (Lipinski definition) is 1. The molecule has 2 aromatic carbocycles. The second kappa shape index (κ2) is 5.52. The van der Waals surface area contributed by atoms with E-state index in [-0.39, 0.29) is 5.02 Å². The Hall–Kier alpha value is -1.06. The van der Waals surface area contributed by atoms with Gasteiger partial charge in [0.1, 0.15) is 18.2 Å². The minimum Gasteiger partial charge on any atom is -0.489 e. The van der Waals surface area contributed by atoms with Crippen molar-refractivity contribution in [2.75, 3.05) is 0 Å². The van der Waals surface area contributed by atoms with Crippen LogP contribution < -0.4 is 4.74 Å².